The van der Waals surface area contributed by atoms with E-state index in [1.165, 1.54) is 0 Å². The van der Waals surface area contributed by atoms with Gasteiger partial charge in [-0.15, -0.1) is 0 Å². The normalized spacial score (nSPS) is 38.8. The van der Waals surface area contributed by atoms with Crippen molar-refractivity contribution in [3.63, 3.8) is 0 Å². The second-order valence-corrected chi connectivity index (χ2v) is 7.06. The minimum Gasteiger partial charge on any atom is -0.377 e. The molecule has 3 rings (SSSR count). The predicted octanol–water partition coefficient (Wildman–Crippen LogP) is -0.133. The Bertz CT molecular complexity index is 465. The predicted molar refractivity (Wildman–Crippen MR) is 77.4 cm³/mol. The van der Waals surface area contributed by atoms with Gasteiger partial charge in [0, 0.05) is 31.0 Å². The number of carbonyl (C=O) groups excluding carboxylic acids is 2. The second-order valence-electron chi connectivity index (χ2n) is 7.06. The maximum atomic E-state index is 13.0. The monoisotopic (exact) mass is 295 g/mol. The van der Waals surface area contributed by atoms with Crippen LogP contribution in [-0.2, 0) is 14.3 Å². The van der Waals surface area contributed by atoms with Gasteiger partial charge in [-0.2, -0.15) is 0 Å². The maximum absolute atomic E-state index is 13.0. The first-order chi connectivity index (χ1) is 9.89. The van der Waals surface area contributed by atoms with Gasteiger partial charge < -0.3 is 20.7 Å². The quantitative estimate of drug-likeness (QED) is 0.705. The van der Waals surface area contributed by atoms with E-state index in [-0.39, 0.29) is 30.4 Å². The van der Waals surface area contributed by atoms with E-state index >= 15 is 0 Å². The Morgan fingerprint density at radius 3 is 2.95 bits per heavy atom. The van der Waals surface area contributed by atoms with Gasteiger partial charge in [0.15, 0.2) is 0 Å². The zero-order chi connectivity index (χ0) is 15.3. The Kier molecular flexibility index (Phi) is 3.48. The maximum Gasteiger partial charge on any atom is 0.244 e. The second kappa shape index (κ2) is 4.95. The molecule has 3 unspecified atom stereocenters. The molecule has 2 aliphatic heterocycles. The van der Waals surface area contributed by atoms with Crippen LogP contribution in [0.4, 0.5) is 0 Å². The molecule has 2 amide bonds. The Hall–Kier alpha value is -1.14. The molecule has 1 aliphatic carbocycles. The van der Waals surface area contributed by atoms with Crippen molar-refractivity contribution >= 4 is 11.8 Å². The summed E-state index contributed by atoms with van der Waals surface area (Å²) < 4.78 is 5.84. The summed E-state index contributed by atoms with van der Waals surface area (Å²) in [4.78, 5) is 26.4. The first-order valence-electron chi connectivity index (χ1n) is 7.85. The molecule has 21 heavy (non-hydrogen) atoms. The van der Waals surface area contributed by atoms with Crippen LogP contribution in [0.1, 0.15) is 33.1 Å². The van der Waals surface area contributed by atoms with Gasteiger partial charge in [0.2, 0.25) is 11.8 Å². The highest BCUT2D eigenvalue weighted by molar-refractivity contribution is 5.93. The molecule has 6 heteroatoms. The number of hydrogen-bond donors (Lipinski definition) is 2. The highest BCUT2D eigenvalue weighted by Gasteiger charge is 2.70. The van der Waals surface area contributed by atoms with E-state index in [4.69, 9.17) is 10.5 Å². The highest BCUT2D eigenvalue weighted by atomic mass is 16.5. The fourth-order valence-corrected chi connectivity index (χ4v) is 4.25. The molecule has 1 saturated carbocycles. The smallest absolute Gasteiger partial charge is 0.244 e. The van der Waals surface area contributed by atoms with Gasteiger partial charge in [0.1, 0.15) is 5.54 Å². The van der Waals surface area contributed by atoms with Crippen molar-refractivity contribution in [3.05, 3.63) is 0 Å². The van der Waals surface area contributed by atoms with Crippen molar-refractivity contribution in [1.29, 1.82) is 0 Å². The fourth-order valence-electron chi connectivity index (χ4n) is 4.25. The number of fused-ring (bicyclic) bond motifs is 1. The van der Waals surface area contributed by atoms with Crippen LogP contribution >= 0.6 is 0 Å². The lowest BCUT2D eigenvalue weighted by atomic mass is 9.46. The van der Waals surface area contributed by atoms with E-state index in [0.29, 0.717) is 13.1 Å². The topological polar surface area (TPSA) is 84.7 Å². The molecule has 0 radical (unpaired) electrons. The summed E-state index contributed by atoms with van der Waals surface area (Å²) in [6.45, 7) is 6.10. The van der Waals surface area contributed by atoms with E-state index in [1.54, 1.807) is 4.90 Å². The van der Waals surface area contributed by atoms with Gasteiger partial charge in [-0.3, -0.25) is 9.59 Å². The SMILES string of the molecule is CC1(C)C2OCCCC2C1(N)C(=O)N1CCCNC(=O)C1. The zero-order valence-corrected chi connectivity index (χ0v) is 12.9. The summed E-state index contributed by atoms with van der Waals surface area (Å²) in [5.41, 5.74) is 5.30. The van der Waals surface area contributed by atoms with E-state index in [0.717, 1.165) is 25.9 Å². The van der Waals surface area contributed by atoms with Gasteiger partial charge >= 0.3 is 0 Å². The standard InChI is InChI=1S/C15H25N3O3/c1-14(2)12-10(5-3-8-21-12)15(14,16)13(20)18-7-4-6-17-11(19)9-18/h10,12H,3-9,16H2,1-2H3,(H,17,19). The van der Waals surface area contributed by atoms with E-state index < -0.39 is 11.0 Å². The van der Waals surface area contributed by atoms with Crippen molar-refractivity contribution in [2.24, 2.45) is 17.1 Å². The van der Waals surface area contributed by atoms with Crippen LogP contribution in [0.15, 0.2) is 0 Å². The van der Waals surface area contributed by atoms with Crippen molar-refractivity contribution < 1.29 is 14.3 Å². The minimum absolute atomic E-state index is 0.0565. The third-order valence-electron chi connectivity index (χ3n) is 5.59. The Morgan fingerprint density at radius 2 is 2.19 bits per heavy atom. The molecule has 2 heterocycles. The molecule has 0 aromatic rings. The lowest BCUT2D eigenvalue weighted by Crippen LogP contribution is -2.82. The molecule has 6 nitrogen and oxygen atoms in total. The average Bonchev–Trinajstić information content (AvgIpc) is 2.70. The van der Waals surface area contributed by atoms with Crippen molar-refractivity contribution in [3.8, 4) is 0 Å². The van der Waals surface area contributed by atoms with Gasteiger partial charge in [-0.25, -0.2) is 0 Å². The van der Waals surface area contributed by atoms with Crippen LogP contribution in [0.25, 0.3) is 0 Å². The van der Waals surface area contributed by atoms with Gasteiger partial charge in [0.05, 0.1) is 12.6 Å². The molecule has 0 aromatic heterocycles. The summed E-state index contributed by atoms with van der Waals surface area (Å²) in [5, 5.41) is 2.80. The Labute approximate surface area is 125 Å². The molecule has 3 fully saturated rings. The van der Waals surface area contributed by atoms with Crippen LogP contribution in [0.3, 0.4) is 0 Å². The number of amides is 2. The van der Waals surface area contributed by atoms with Gasteiger partial charge in [-0.1, -0.05) is 13.8 Å². The molecule has 0 aromatic carbocycles. The first kappa shape index (κ1) is 14.8. The van der Waals surface area contributed by atoms with Crippen LogP contribution in [-0.4, -0.2) is 54.6 Å². The summed E-state index contributed by atoms with van der Waals surface area (Å²) in [7, 11) is 0. The van der Waals surface area contributed by atoms with E-state index in [9.17, 15) is 9.59 Å². The molecule has 0 spiro atoms. The van der Waals surface area contributed by atoms with Crippen LogP contribution in [0.2, 0.25) is 0 Å². The average molecular weight is 295 g/mol. The fraction of sp³-hybridized carbons (Fsp3) is 0.867. The summed E-state index contributed by atoms with van der Waals surface area (Å²) in [6.07, 6.45) is 2.71. The summed E-state index contributed by atoms with van der Waals surface area (Å²) in [5.74, 6) is -0.116. The number of rotatable bonds is 1. The number of ether oxygens (including phenoxy) is 1. The zero-order valence-electron chi connectivity index (χ0n) is 12.9. The van der Waals surface area contributed by atoms with Gasteiger partial charge in [-0.05, 0) is 19.3 Å². The van der Waals surface area contributed by atoms with Crippen LogP contribution < -0.4 is 11.1 Å². The Balaban J connectivity index is 1.83. The highest BCUT2D eigenvalue weighted by Crippen LogP contribution is 2.57. The lowest BCUT2D eigenvalue weighted by molar-refractivity contribution is -0.230. The molecule has 3 N–H and O–H groups in total. The molecule has 118 valence electrons. The Morgan fingerprint density at radius 1 is 1.43 bits per heavy atom. The molecular formula is C15H25N3O3. The molecule has 0 bridgehead atoms. The molecule has 3 atom stereocenters. The van der Waals surface area contributed by atoms with E-state index in [2.05, 4.69) is 5.32 Å². The van der Waals surface area contributed by atoms with Gasteiger partial charge in [0.25, 0.3) is 0 Å². The number of nitrogens with one attached hydrogen (secondary N) is 1. The largest absolute Gasteiger partial charge is 0.377 e. The molecule has 2 saturated heterocycles. The lowest BCUT2D eigenvalue weighted by Gasteiger charge is -2.65. The van der Waals surface area contributed by atoms with E-state index in [1.807, 2.05) is 13.8 Å². The first-order valence-corrected chi connectivity index (χ1v) is 7.85. The van der Waals surface area contributed by atoms with Crippen LogP contribution in [0.5, 0.6) is 0 Å². The summed E-state index contributed by atoms with van der Waals surface area (Å²) >= 11 is 0. The number of nitrogens with zero attached hydrogens (tertiary/aromatic N) is 1. The summed E-state index contributed by atoms with van der Waals surface area (Å²) in [6, 6.07) is 0. The number of hydrogen-bond acceptors (Lipinski definition) is 4. The third-order valence-corrected chi connectivity index (χ3v) is 5.59. The van der Waals surface area contributed by atoms with Crippen molar-refractivity contribution in [2.45, 2.75) is 44.8 Å². The van der Waals surface area contributed by atoms with Crippen molar-refractivity contribution in [1.82, 2.24) is 10.2 Å². The van der Waals surface area contributed by atoms with Crippen molar-refractivity contribution in [2.75, 3.05) is 26.2 Å². The molecule has 3 aliphatic rings. The number of nitrogens with two attached hydrogens (primary N) is 1. The number of carbonyl (C=O) groups is 2. The molecular weight excluding hydrogens is 270 g/mol. The minimum atomic E-state index is -0.914. The third kappa shape index (κ3) is 1.99. The van der Waals surface area contributed by atoms with Crippen LogP contribution in [0, 0.1) is 11.3 Å².